The first kappa shape index (κ1) is 14.9. The van der Waals surface area contributed by atoms with Crippen molar-refractivity contribution >= 4 is 15.9 Å². The SMILES string of the molecule is CCCOc1c(Br)cc(-c2nccn2C)cc1OCC. The molecule has 1 heterocycles. The van der Waals surface area contributed by atoms with Crippen LogP contribution in [-0.2, 0) is 7.05 Å². The van der Waals surface area contributed by atoms with Crippen LogP contribution in [0, 0.1) is 0 Å². The molecule has 1 aromatic carbocycles. The maximum Gasteiger partial charge on any atom is 0.175 e. The summed E-state index contributed by atoms with van der Waals surface area (Å²) in [7, 11) is 1.97. The van der Waals surface area contributed by atoms with Gasteiger partial charge in [0.25, 0.3) is 0 Å². The zero-order valence-electron chi connectivity index (χ0n) is 12.0. The van der Waals surface area contributed by atoms with E-state index in [0.717, 1.165) is 33.8 Å². The molecule has 0 bridgehead atoms. The Labute approximate surface area is 127 Å². The van der Waals surface area contributed by atoms with Crippen molar-refractivity contribution in [3.05, 3.63) is 29.0 Å². The second-order valence-corrected chi connectivity index (χ2v) is 5.28. The minimum Gasteiger partial charge on any atom is -0.490 e. The predicted molar refractivity (Wildman–Crippen MR) is 83.3 cm³/mol. The topological polar surface area (TPSA) is 36.3 Å². The maximum absolute atomic E-state index is 5.77. The predicted octanol–water partition coefficient (Wildman–Crippen LogP) is 4.04. The Bertz CT molecular complexity index is 581. The molecule has 0 atom stereocenters. The highest BCUT2D eigenvalue weighted by Crippen LogP contribution is 2.39. The van der Waals surface area contributed by atoms with Crippen LogP contribution in [0.4, 0.5) is 0 Å². The number of imidazole rings is 1. The van der Waals surface area contributed by atoms with E-state index in [9.17, 15) is 0 Å². The molecule has 0 unspecified atom stereocenters. The first-order valence-corrected chi connectivity index (χ1v) is 7.53. The van der Waals surface area contributed by atoms with Crippen molar-refractivity contribution in [1.82, 2.24) is 9.55 Å². The van der Waals surface area contributed by atoms with E-state index in [-0.39, 0.29) is 0 Å². The lowest BCUT2D eigenvalue weighted by molar-refractivity contribution is 0.275. The second-order valence-electron chi connectivity index (χ2n) is 4.43. The molecule has 4 nitrogen and oxygen atoms in total. The van der Waals surface area contributed by atoms with Gasteiger partial charge in [0, 0.05) is 25.0 Å². The molecule has 20 heavy (non-hydrogen) atoms. The van der Waals surface area contributed by atoms with E-state index < -0.39 is 0 Å². The Hall–Kier alpha value is -1.49. The highest BCUT2D eigenvalue weighted by atomic mass is 79.9. The summed E-state index contributed by atoms with van der Waals surface area (Å²) in [4.78, 5) is 4.37. The maximum atomic E-state index is 5.77. The number of aromatic nitrogens is 2. The minimum atomic E-state index is 0.596. The number of aryl methyl sites for hydroxylation is 1. The van der Waals surface area contributed by atoms with Gasteiger partial charge in [-0.15, -0.1) is 0 Å². The summed E-state index contributed by atoms with van der Waals surface area (Å²) in [6, 6.07) is 3.98. The quantitative estimate of drug-likeness (QED) is 0.797. The van der Waals surface area contributed by atoms with Gasteiger partial charge in [0.2, 0.25) is 0 Å². The van der Waals surface area contributed by atoms with Crippen molar-refractivity contribution < 1.29 is 9.47 Å². The van der Waals surface area contributed by atoms with E-state index in [1.165, 1.54) is 0 Å². The van der Waals surface area contributed by atoms with Gasteiger partial charge in [-0.1, -0.05) is 6.92 Å². The first-order chi connectivity index (χ1) is 9.67. The van der Waals surface area contributed by atoms with E-state index in [0.29, 0.717) is 13.2 Å². The van der Waals surface area contributed by atoms with Gasteiger partial charge in [0.15, 0.2) is 11.5 Å². The fraction of sp³-hybridized carbons (Fsp3) is 0.400. The van der Waals surface area contributed by atoms with Crippen molar-refractivity contribution in [3.8, 4) is 22.9 Å². The molecule has 0 fully saturated rings. The molecular weight excluding hydrogens is 320 g/mol. The van der Waals surface area contributed by atoms with E-state index in [2.05, 4.69) is 27.8 Å². The van der Waals surface area contributed by atoms with Crippen molar-refractivity contribution in [2.24, 2.45) is 7.05 Å². The summed E-state index contributed by atoms with van der Waals surface area (Å²) in [6.07, 6.45) is 4.66. The van der Waals surface area contributed by atoms with Crippen LogP contribution in [0.5, 0.6) is 11.5 Å². The zero-order valence-corrected chi connectivity index (χ0v) is 13.6. The number of ether oxygens (including phenoxy) is 2. The first-order valence-electron chi connectivity index (χ1n) is 6.74. The van der Waals surface area contributed by atoms with Gasteiger partial charge in [-0.25, -0.2) is 4.98 Å². The van der Waals surface area contributed by atoms with Crippen LogP contribution in [0.15, 0.2) is 29.0 Å². The number of hydrogen-bond donors (Lipinski definition) is 0. The second kappa shape index (κ2) is 6.79. The molecule has 2 rings (SSSR count). The molecule has 0 aliphatic carbocycles. The summed E-state index contributed by atoms with van der Waals surface area (Å²) < 4.78 is 14.3. The van der Waals surface area contributed by atoms with Crippen LogP contribution in [0.25, 0.3) is 11.4 Å². The lowest BCUT2D eigenvalue weighted by Gasteiger charge is -2.15. The lowest BCUT2D eigenvalue weighted by atomic mass is 10.2. The third-order valence-electron chi connectivity index (χ3n) is 2.84. The lowest BCUT2D eigenvalue weighted by Crippen LogP contribution is -2.02. The third kappa shape index (κ3) is 3.15. The molecule has 108 valence electrons. The fourth-order valence-electron chi connectivity index (χ4n) is 1.95. The molecule has 0 aliphatic rings. The summed E-state index contributed by atoms with van der Waals surface area (Å²) in [5.41, 5.74) is 0.997. The van der Waals surface area contributed by atoms with Gasteiger partial charge in [0.05, 0.1) is 17.7 Å². The highest BCUT2D eigenvalue weighted by Gasteiger charge is 2.14. The summed E-state index contributed by atoms with van der Waals surface area (Å²) in [5, 5.41) is 0. The van der Waals surface area contributed by atoms with Crippen LogP contribution < -0.4 is 9.47 Å². The van der Waals surface area contributed by atoms with Crippen LogP contribution in [-0.4, -0.2) is 22.8 Å². The number of benzene rings is 1. The molecule has 0 N–H and O–H groups in total. The molecule has 0 spiro atoms. The van der Waals surface area contributed by atoms with E-state index >= 15 is 0 Å². The van der Waals surface area contributed by atoms with Gasteiger partial charge in [-0.3, -0.25) is 0 Å². The van der Waals surface area contributed by atoms with Gasteiger partial charge < -0.3 is 14.0 Å². The highest BCUT2D eigenvalue weighted by molar-refractivity contribution is 9.10. The molecule has 1 aromatic heterocycles. The average molecular weight is 339 g/mol. The van der Waals surface area contributed by atoms with Crippen LogP contribution in [0.3, 0.4) is 0 Å². The standard InChI is InChI=1S/C15H19BrN2O2/c1-4-8-20-14-12(16)9-11(10-13(14)19-5-2)15-17-6-7-18(15)3/h6-7,9-10H,4-5,8H2,1-3H3. The normalized spacial score (nSPS) is 10.6. The molecule has 0 saturated carbocycles. The third-order valence-corrected chi connectivity index (χ3v) is 3.43. The van der Waals surface area contributed by atoms with Crippen molar-refractivity contribution in [2.45, 2.75) is 20.3 Å². The van der Waals surface area contributed by atoms with Gasteiger partial charge in [0.1, 0.15) is 5.82 Å². The van der Waals surface area contributed by atoms with Gasteiger partial charge in [-0.05, 0) is 41.4 Å². The van der Waals surface area contributed by atoms with Crippen molar-refractivity contribution in [1.29, 1.82) is 0 Å². The average Bonchev–Trinajstić information content (AvgIpc) is 2.84. The van der Waals surface area contributed by atoms with Crippen molar-refractivity contribution in [2.75, 3.05) is 13.2 Å². The Morgan fingerprint density at radius 2 is 2.05 bits per heavy atom. The smallest absolute Gasteiger partial charge is 0.175 e. The molecule has 0 radical (unpaired) electrons. The summed E-state index contributed by atoms with van der Waals surface area (Å²) >= 11 is 3.57. The Balaban J connectivity index is 2.44. The van der Waals surface area contributed by atoms with Crippen LogP contribution in [0.1, 0.15) is 20.3 Å². The van der Waals surface area contributed by atoms with Crippen molar-refractivity contribution in [3.63, 3.8) is 0 Å². The number of nitrogens with zero attached hydrogens (tertiary/aromatic N) is 2. The van der Waals surface area contributed by atoms with E-state index in [4.69, 9.17) is 9.47 Å². The molecular formula is C15H19BrN2O2. The Morgan fingerprint density at radius 1 is 1.25 bits per heavy atom. The molecule has 0 saturated heterocycles. The molecule has 5 heteroatoms. The Morgan fingerprint density at radius 3 is 2.65 bits per heavy atom. The largest absolute Gasteiger partial charge is 0.490 e. The van der Waals surface area contributed by atoms with Gasteiger partial charge in [-0.2, -0.15) is 0 Å². The molecule has 0 aliphatic heterocycles. The van der Waals surface area contributed by atoms with E-state index in [1.807, 2.05) is 36.9 Å². The summed E-state index contributed by atoms with van der Waals surface area (Å²) in [5.74, 6) is 2.40. The molecule has 2 aromatic rings. The fourth-order valence-corrected chi connectivity index (χ4v) is 2.50. The van der Waals surface area contributed by atoms with Gasteiger partial charge >= 0.3 is 0 Å². The van der Waals surface area contributed by atoms with Crippen LogP contribution >= 0.6 is 15.9 Å². The number of halogens is 1. The number of hydrogen-bond acceptors (Lipinski definition) is 3. The van der Waals surface area contributed by atoms with E-state index in [1.54, 1.807) is 6.20 Å². The minimum absolute atomic E-state index is 0.596. The Kier molecular flexibility index (Phi) is 5.06. The molecule has 0 amide bonds. The zero-order chi connectivity index (χ0) is 14.5. The van der Waals surface area contributed by atoms with Crippen LogP contribution in [0.2, 0.25) is 0 Å². The monoisotopic (exact) mass is 338 g/mol. The summed E-state index contributed by atoms with van der Waals surface area (Å²) in [6.45, 7) is 5.31. The number of rotatable bonds is 6.